The molecule has 0 spiro atoms. The lowest BCUT2D eigenvalue weighted by Gasteiger charge is -2.13. The molecule has 0 radical (unpaired) electrons. The summed E-state index contributed by atoms with van der Waals surface area (Å²) in [6.45, 7) is 3.28. The van der Waals surface area contributed by atoms with Crippen LogP contribution in [0.25, 0.3) is 0 Å². The predicted octanol–water partition coefficient (Wildman–Crippen LogP) is -0.188. The van der Waals surface area contributed by atoms with Gasteiger partial charge in [-0.3, -0.25) is 9.69 Å². The summed E-state index contributed by atoms with van der Waals surface area (Å²) < 4.78 is 4.82. The number of amides is 1. The summed E-state index contributed by atoms with van der Waals surface area (Å²) in [5, 5.41) is 6.28. The van der Waals surface area contributed by atoms with Crippen LogP contribution in [0.3, 0.4) is 0 Å². The second-order valence-corrected chi connectivity index (χ2v) is 3.40. The zero-order valence-corrected chi connectivity index (χ0v) is 8.99. The molecule has 84 valence electrons. The summed E-state index contributed by atoms with van der Waals surface area (Å²) in [5.74, 6) is 0.985. The van der Waals surface area contributed by atoms with Gasteiger partial charge >= 0.3 is 0 Å². The fourth-order valence-electron chi connectivity index (χ4n) is 1.15. The molecule has 3 N–H and O–H groups in total. The first-order chi connectivity index (χ1) is 7.11. The van der Waals surface area contributed by atoms with Crippen molar-refractivity contribution in [1.82, 2.24) is 10.1 Å². The molecule has 1 rings (SSSR count). The number of carbonyl (C=O) groups excluding carboxylic acids is 1. The number of aryl methyl sites for hydroxylation is 1. The Kier molecular flexibility index (Phi) is 4.26. The van der Waals surface area contributed by atoms with Crippen LogP contribution in [0.15, 0.2) is 10.6 Å². The van der Waals surface area contributed by atoms with Crippen molar-refractivity contribution in [3.8, 4) is 0 Å². The summed E-state index contributed by atoms with van der Waals surface area (Å²) in [6, 6.07) is 1.67. The quantitative estimate of drug-likeness (QED) is 0.706. The molecule has 1 amide bonds. The molecule has 15 heavy (non-hydrogen) atoms. The maximum Gasteiger partial charge on any atom is 0.239 e. The minimum atomic E-state index is -0.126. The van der Waals surface area contributed by atoms with E-state index < -0.39 is 0 Å². The molecule has 0 unspecified atom stereocenters. The molecule has 0 saturated heterocycles. The highest BCUT2D eigenvalue weighted by Crippen LogP contribution is 2.06. The zero-order chi connectivity index (χ0) is 11.3. The lowest BCUT2D eigenvalue weighted by atomic mass is 10.4. The van der Waals surface area contributed by atoms with Gasteiger partial charge in [-0.2, -0.15) is 0 Å². The van der Waals surface area contributed by atoms with Crippen molar-refractivity contribution in [3.63, 3.8) is 0 Å². The van der Waals surface area contributed by atoms with Gasteiger partial charge in [0.2, 0.25) is 5.91 Å². The van der Waals surface area contributed by atoms with Gasteiger partial charge in [-0.15, -0.1) is 0 Å². The Balaban J connectivity index is 2.36. The van der Waals surface area contributed by atoms with Crippen LogP contribution < -0.4 is 11.1 Å². The van der Waals surface area contributed by atoms with Crippen LogP contribution in [0.1, 0.15) is 5.76 Å². The van der Waals surface area contributed by atoms with E-state index in [0.717, 1.165) is 0 Å². The highest BCUT2D eigenvalue weighted by Gasteiger charge is 2.08. The third kappa shape index (κ3) is 4.09. The van der Waals surface area contributed by atoms with Gasteiger partial charge in [-0.1, -0.05) is 5.16 Å². The maximum atomic E-state index is 11.4. The molecule has 1 aromatic rings. The van der Waals surface area contributed by atoms with E-state index in [2.05, 4.69) is 10.5 Å². The minimum absolute atomic E-state index is 0.126. The van der Waals surface area contributed by atoms with Gasteiger partial charge in [0.25, 0.3) is 0 Å². The standard InChI is InChI=1S/C9H16N4O2/c1-7-5-8(12-15-7)11-9(14)6-13(2)4-3-10/h5H,3-4,6,10H2,1-2H3,(H,11,12,14). The second-order valence-electron chi connectivity index (χ2n) is 3.40. The number of rotatable bonds is 5. The van der Waals surface area contributed by atoms with E-state index in [4.69, 9.17) is 10.3 Å². The van der Waals surface area contributed by atoms with Crippen LogP contribution in [0.4, 0.5) is 5.82 Å². The third-order valence-corrected chi connectivity index (χ3v) is 1.82. The summed E-state index contributed by atoms with van der Waals surface area (Å²) in [5.41, 5.74) is 5.36. The van der Waals surface area contributed by atoms with Gasteiger partial charge in [0.15, 0.2) is 5.82 Å². The number of carbonyl (C=O) groups is 1. The average molecular weight is 212 g/mol. The Hall–Kier alpha value is -1.40. The highest BCUT2D eigenvalue weighted by atomic mass is 16.5. The normalized spacial score (nSPS) is 10.7. The van der Waals surface area contributed by atoms with Crippen molar-refractivity contribution < 1.29 is 9.32 Å². The Morgan fingerprint density at radius 1 is 1.73 bits per heavy atom. The van der Waals surface area contributed by atoms with Gasteiger partial charge < -0.3 is 15.6 Å². The molecular weight excluding hydrogens is 196 g/mol. The first kappa shape index (κ1) is 11.7. The Morgan fingerprint density at radius 3 is 3.00 bits per heavy atom. The summed E-state index contributed by atoms with van der Waals surface area (Å²) in [4.78, 5) is 13.3. The van der Waals surface area contributed by atoms with Crippen molar-refractivity contribution in [3.05, 3.63) is 11.8 Å². The van der Waals surface area contributed by atoms with Crippen molar-refractivity contribution in [2.24, 2.45) is 5.73 Å². The summed E-state index contributed by atoms with van der Waals surface area (Å²) in [7, 11) is 1.83. The zero-order valence-electron chi connectivity index (χ0n) is 8.99. The SMILES string of the molecule is Cc1cc(NC(=O)CN(C)CCN)no1. The monoisotopic (exact) mass is 212 g/mol. The number of likely N-dealkylation sites (N-methyl/N-ethyl adjacent to an activating group) is 1. The van der Waals surface area contributed by atoms with Crippen LogP contribution in [0.5, 0.6) is 0 Å². The van der Waals surface area contributed by atoms with E-state index in [-0.39, 0.29) is 5.91 Å². The van der Waals surface area contributed by atoms with Crippen LogP contribution in [0.2, 0.25) is 0 Å². The van der Waals surface area contributed by atoms with Gasteiger partial charge in [-0.25, -0.2) is 0 Å². The Labute approximate surface area is 88.4 Å². The number of nitrogens with zero attached hydrogens (tertiary/aromatic N) is 2. The molecule has 0 aromatic carbocycles. The van der Waals surface area contributed by atoms with Gasteiger partial charge in [-0.05, 0) is 14.0 Å². The molecule has 6 nitrogen and oxygen atoms in total. The van der Waals surface area contributed by atoms with Crippen LogP contribution in [0, 0.1) is 6.92 Å². The first-order valence-corrected chi connectivity index (χ1v) is 4.73. The lowest BCUT2D eigenvalue weighted by Crippen LogP contribution is -2.33. The molecule has 0 fully saturated rings. The Bertz CT molecular complexity index is 324. The van der Waals surface area contributed by atoms with E-state index in [1.807, 2.05) is 11.9 Å². The van der Waals surface area contributed by atoms with E-state index in [1.165, 1.54) is 0 Å². The molecule has 0 bridgehead atoms. The minimum Gasteiger partial charge on any atom is -0.360 e. The van der Waals surface area contributed by atoms with E-state index in [0.29, 0.717) is 31.2 Å². The smallest absolute Gasteiger partial charge is 0.239 e. The topological polar surface area (TPSA) is 84.4 Å². The van der Waals surface area contributed by atoms with Crippen molar-refractivity contribution in [2.75, 3.05) is 32.0 Å². The largest absolute Gasteiger partial charge is 0.360 e. The lowest BCUT2D eigenvalue weighted by molar-refractivity contribution is -0.117. The van der Waals surface area contributed by atoms with Crippen molar-refractivity contribution in [1.29, 1.82) is 0 Å². The number of anilines is 1. The summed E-state index contributed by atoms with van der Waals surface area (Å²) in [6.07, 6.45) is 0. The van der Waals surface area contributed by atoms with E-state index in [9.17, 15) is 4.79 Å². The van der Waals surface area contributed by atoms with E-state index in [1.54, 1.807) is 13.0 Å². The maximum absolute atomic E-state index is 11.4. The molecule has 1 heterocycles. The molecule has 6 heteroatoms. The Morgan fingerprint density at radius 2 is 2.47 bits per heavy atom. The molecule has 0 aliphatic carbocycles. The third-order valence-electron chi connectivity index (χ3n) is 1.82. The average Bonchev–Trinajstić information content (AvgIpc) is 2.51. The van der Waals surface area contributed by atoms with Gasteiger partial charge in [0.05, 0.1) is 6.54 Å². The van der Waals surface area contributed by atoms with Gasteiger partial charge in [0, 0.05) is 19.2 Å². The highest BCUT2D eigenvalue weighted by molar-refractivity contribution is 5.91. The number of nitrogens with one attached hydrogen (secondary N) is 1. The number of aromatic nitrogens is 1. The fourth-order valence-corrected chi connectivity index (χ4v) is 1.15. The first-order valence-electron chi connectivity index (χ1n) is 4.73. The van der Waals surface area contributed by atoms with Crippen LogP contribution >= 0.6 is 0 Å². The predicted molar refractivity (Wildman–Crippen MR) is 56.4 cm³/mol. The molecule has 0 aliphatic rings. The summed E-state index contributed by atoms with van der Waals surface area (Å²) >= 11 is 0. The number of hydrogen-bond acceptors (Lipinski definition) is 5. The number of nitrogens with two attached hydrogens (primary N) is 1. The van der Waals surface area contributed by atoms with Crippen LogP contribution in [-0.2, 0) is 4.79 Å². The molecular formula is C9H16N4O2. The molecule has 0 saturated carbocycles. The van der Waals surface area contributed by atoms with Crippen molar-refractivity contribution in [2.45, 2.75) is 6.92 Å². The van der Waals surface area contributed by atoms with E-state index >= 15 is 0 Å². The van der Waals surface area contributed by atoms with Crippen LogP contribution in [-0.4, -0.2) is 42.6 Å². The molecule has 0 atom stereocenters. The van der Waals surface area contributed by atoms with Gasteiger partial charge in [0.1, 0.15) is 5.76 Å². The molecule has 1 aromatic heterocycles. The number of hydrogen-bond donors (Lipinski definition) is 2. The fraction of sp³-hybridized carbons (Fsp3) is 0.556. The van der Waals surface area contributed by atoms with Crippen molar-refractivity contribution >= 4 is 11.7 Å². The second kappa shape index (κ2) is 5.47. The molecule has 0 aliphatic heterocycles.